The Kier molecular flexibility index (Phi) is 7.30. The fourth-order valence-electron chi connectivity index (χ4n) is 3.70. The summed E-state index contributed by atoms with van der Waals surface area (Å²) in [6, 6.07) is 6.51. The van der Waals surface area contributed by atoms with Crippen LogP contribution in [-0.2, 0) is 17.6 Å². The Balaban J connectivity index is 1.78. The molecule has 1 aromatic carbocycles. The van der Waals surface area contributed by atoms with Crippen molar-refractivity contribution in [3.8, 4) is 0 Å². The Bertz CT molecular complexity index is 905. The van der Waals surface area contributed by atoms with Gasteiger partial charge in [0, 0.05) is 4.88 Å². The molecule has 156 valence electrons. The van der Waals surface area contributed by atoms with Gasteiger partial charge in [-0.3, -0.25) is 0 Å². The van der Waals surface area contributed by atoms with Gasteiger partial charge in [-0.25, -0.2) is 4.79 Å². The number of fused-ring (bicyclic) bond motifs is 1. The van der Waals surface area contributed by atoms with Gasteiger partial charge in [-0.2, -0.15) is 0 Å². The number of benzene rings is 1. The summed E-state index contributed by atoms with van der Waals surface area (Å²) in [6.07, 6.45) is 5.44. The smallest absolute Gasteiger partial charge is 0.341 e. The predicted molar refractivity (Wildman–Crippen MR) is 125 cm³/mol. The third-order valence-corrected chi connectivity index (χ3v) is 6.93. The van der Waals surface area contributed by atoms with Gasteiger partial charge in [0.05, 0.1) is 18.2 Å². The molecule has 0 fully saturated rings. The molecule has 29 heavy (non-hydrogen) atoms. The Morgan fingerprint density at radius 2 is 1.97 bits per heavy atom. The summed E-state index contributed by atoms with van der Waals surface area (Å²) in [5.74, 6) is -0.251. The molecule has 0 saturated heterocycles. The molecule has 0 saturated carbocycles. The molecule has 0 aliphatic heterocycles. The van der Waals surface area contributed by atoms with Crippen molar-refractivity contribution in [2.45, 2.75) is 65.8 Å². The van der Waals surface area contributed by atoms with Crippen LogP contribution in [0.1, 0.15) is 76.6 Å². The van der Waals surface area contributed by atoms with Gasteiger partial charge in [0.2, 0.25) is 0 Å². The summed E-state index contributed by atoms with van der Waals surface area (Å²) in [7, 11) is 0. The van der Waals surface area contributed by atoms with Gasteiger partial charge < -0.3 is 15.4 Å². The number of thiophene rings is 1. The fourth-order valence-corrected chi connectivity index (χ4v) is 5.33. The minimum absolute atomic E-state index is 0.0677. The maximum Gasteiger partial charge on any atom is 0.341 e. The van der Waals surface area contributed by atoms with E-state index in [1.54, 1.807) is 11.3 Å². The monoisotopic (exact) mass is 430 g/mol. The van der Waals surface area contributed by atoms with E-state index >= 15 is 0 Å². The largest absolute Gasteiger partial charge is 0.462 e. The van der Waals surface area contributed by atoms with Gasteiger partial charge in [-0.1, -0.05) is 24.6 Å². The molecule has 0 amide bonds. The van der Waals surface area contributed by atoms with Crippen LogP contribution in [0.15, 0.2) is 18.2 Å². The van der Waals surface area contributed by atoms with Crippen LogP contribution in [-0.4, -0.2) is 17.7 Å². The lowest BCUT2D eigenvalue weighted by Crippen LogP contribution is -2.31. The molecule has 0 radical (unpaired) electrons. The van der Waals surface area contributed by atoms with Crippen LogP contribution < -0.4 is 10.6 Å². The number of nitrogens with one attached hydrogen (secondary N) is 2. The van der Waals surface area contributed by atoms with Crippen LogP contribution in [0, 0.1) is 13.8 Å². The molecule has 1 unspecified atom stereocenters. The third-order valence-electron chi connectivity index (χ3n) is 5.51. The molecule has 0 spiro atoms. The highest BCUT2D eigenvalue weighted by molar-refractivity contribution is 7.80. The van der Waals surface area contributed by atoms with Crippen molar-refractivity contribution >= 4 is 39.6 Å². The second-order valence-corrected chi connectivity index (χ2v) is 9.17. The molecule has 2 N–H and O–H groups in total. The second-order valence-electron chi connectivity index (χ2n) is 7.65. The van der Waals surface area contributed by atoms with Gasteiger partial charge in [0.15, 0.2) is 5.11 Å². The summed E-state index contributed by atoms with van der Waals surface area (Å²) in [5, 5.41) is 7.98. The molecule has 0 bridgehead atoms. The van der Waals surface area contributed by atoms with Crippen LogP contribution >= 0.6 is 23.6 Å². The number of anilines is 1. The summed E-state index contributed by atoms with van der Waals surface area (Å²) in [4.78, 5) is 14.0. The Morgan fingerprint density at radius 1 is 1.21 bits per heavy atom. The lowest BCUT2D eigenvalue weighted by Gasteiger charge is -2.18. The Labute approximate surface area is 183 Å². The first-order chi connectivity index (χ1) is 13.9. The SMILES string of the molecule is CCOC(=O)c1c(NC(=S)NC(C)c2ccc(C)c(C)c2)sc2c1CCCCC2. The Morgan fingerprint density at radius 3 is 2.69 bits per heavy atom. The summed E-state index contributed by atoms with van der Waals surface area (Å²) >= 11 is 7.23. The molecule has 1 aliphatic carbocycles. The number of carbonyl (C=O) groups is 1. The van der Waals surface area contributed by atoms with Crippen molar-refractivity contribution < 1.29 is 9.53 Å². The van der Waals surface area contributed by atoms with Gasteiger partial charge in [-0.05, 0) is 87.8 Å². The number of esters is 1. The first kappa shape index (κ1) is 21.8. The van der Waals surface area contributed by atoms with Crippen molar-refractivity contribution in [2.75, 3.05) is 11.9 Å². The normalized spacial score (nSPS) is 14.5. The van der Waals surface area contributed by atoms with Gasteiger partial charge in [0.25, 0.3) is 0 Å². The number of hydrogen-bond acceptors (Lipinski definition) is 4. The lowest BCUT2D eigenvalue weighted by atomic mass is 10.0. The highest BCUT2D eigenvalue weighted by Gasteiger charge is 2.26. The van der Waals surface area contributed by atoms with Crippen LogP contribution in [0.4, 0.5) is 5.00 Å². The van der Waals surface area contributed by atoms with Crippen molar-refractivity contribution in [3.63, 3.8) is 0 Å². The zero-order valence-electron chi connectivity index (χ0n) is 17.7. The van der Waals surface area contributed by atoms with Crippen LogP contribution in [0.2, 0.25) is 0 Å². The van der Waals surface area contributed by atoms with Gasteiger partial charge >= 0.3 is 5.97 Å². The van der Waals surface area contributed by atoms with E-state index in [4.69, 9.17) is 17.0 Å². The molecule has 4 nitrogen and oxygen atoms in total. The maximum atomic E-state index is 12.7. The number of carbonyl (C=O) groups excluding carboxylic acids is 1. The van der Waals surface area contributed by atoms with Crippen LogP contribution in [0.5, 0.6) is 0 Å². The maximum absolute atomic E-state index is 12.7. The second kappa shape index (κ2) is 9.72. The van der Waals surface area contributed by atoms with E-state index in [0.717, 1.165) is 29.8 Å². The Hall–Kier alpha value is -1.92. The number of hydrogen-bond donors (Lipinski definition) is 2. The number of rotatable bonds is 5. The standard InChI is InChI=1S/C23H30N2O2S2/c1-5-27-22(26)20-18-9-7-6-8-10-19(18)29-21(20)25-23(28)24-16(4)17-12-11-14(2)15(3)13-17/h11-13,16H,5-10H2,1-4H3,(H2,24,25,28). The molecule has 1 aromatic heterocycles. The van der Waals surface area contributed by atoms with Crippen molar-refractivity contribution in [2.24, 2.45) is 0 Å². The van der Waals surface area contributed by atoms with E-state index in [1.807, 2.05) is 6.92 Å². The van der Waals surface area contributed by atoms with Crippen molar-refractivity contribution in [3.05, 3.63) is 50.9 Å². The number of ether oxygens (including phenoxy) is 1. The number of aryl methyl sites for hydroxylation is 3. The summed E-state index contributed by atoms with van der Waals surface area (Å²) in [6.45, 7) is 8.53. The zero-order valence-corrected chi connectivity index (χ0v) is 19.3. The lowest BCUT2D eigenvalue weighted by molar-refractivity contribution is 0.0527. The predicted octanol–water partition coefficient (Wildman–Crippen LogP) is 5.86. The highest BCUT2D eigenvalue weighted by atomic mass is 32.1. The quantitative estimate of drug-likeness (QED) is 0.354. The molecule has 1 aliphatic rings. The number of thiocarbonyl (C=S) groups is 1. The first-order valence-electron chi connectivity index (χ1n) is 10.4. The summed E-state index contributed by atoms with van der Waals surface area (Å²) < 4.78 is 5.35. The molecule has 1 atom stereocenters. The molecule has 3 rings (SSSR count). The third kappa shape index (κ3) is 5.17. The van der Waals surface area contributed by atoms with E-state index < -0.39 is 0 Å². The molecule has 6 heteroatoms. The average Bonchev–Trinajstić information content (AvgIpc) is 2.84. The van der Waals surface area contributed by atoms with Gasteiger partial charge in [-0.15, -0.1) is 11.3 Å². The van der Waals surface area contributed by atoms with Gasteiger partial charge in [0.1, 0.15) is 5.00 Å². The first-order valence-corrected chi connectivity index (χ1v) is 11.6. The van der Waals surface area contributed by atoms with Crippen molar-refractivity contribution in [1.82, 2.24) is 5.32 Å². The molecule has 2 aromatic rings. The average molecular weight is 431 g/mol. The van der Waals surface area contributed by atoms with E-state index in [1.165, 1.54) is 34.4 Å². The minimum atomic E-state index is -0.251. The van der Waals surface area contributed by atoms with E-state index in [-0.39, 0.29) is 12.0 Å². The molecule has 1 heterocycles. The van der Waals surface area contributed by atoms with E-state index in [9.17, 15) is 4.79 Å². The summed E-state index contributed by atoms with van der Waals surface area (Å²) in [5.41, 5.74) is 5.56. The fraction of sp³-hybridized carbons (Fsp3) is 0.478. The van der Waals surface area contributed by atoms with Crippen LogP contribution in [0.3, 0.4) is 0 Å². The van der Waals surface area contributed by atoms with E-state index in [0.29, 0.717) is 17.3 Å². The highest BCUT2D eigenvalue weighted by Crippen LogP contribution is 2.38. The molecular formula is C23H30N2O2S2. The minimum Gasteiger partial charge on any atom is -0.462 e. The molecular weight excluding hydrogens is 400 g/mol. The topological polar surface area (TPSA) is 50.4 Å². The zero-order chi connectivity index (χ0) is 21.0. The van der Waals surface area contributed by atoms with Crippen LogP contribution in [0.25, 0.3) is 0 Å². The van der Waals surface area contributed by atoms with E-state index in [2.05, 4.69) is 49.6 Å². The van der Waals surface area contributed by atoms with Crippen molar-refractivity contribution in [1.29, 1.82) is 0 Å².